The number of hydrogen-bond acceptors (Lipinski definition) is 10. The molecule has 0 amide bonds. The van der Waals surface area contributed by atoms with E-state index in [1.165, 1.54) is 32.1 Å². The number of nitrogens with one attached hydrogen (secondary N) is 3. The van der Waals surface area contributed by atoms with E-state index in [4.69, 9.17) is 16.3 Å². The number of carbonyl (C=O) groups is 2. The van der Waals surface area contributed by atoms with Crippen LogP contribution in [0.2, 0.25) is 5.02 Å². The predicted octanol–water partition coefficient (Wildman–Crippen LogP) is 4.28. The number of nitrogens with zero attached hydrogens (tertiary/aromatic N) is 3. The smallest absolute Gasteiger partial charge is 0.233 e. The normalized spacial score (nSPS) is 18.9. The van der Waals surface area contributed by atoms with Crippen LogP contribution in [0.1, 0.15) is 38.5 Å². The highest BCUT2D eigenvalue weighted by Gasteiger charge is 2.31. The number of anilines is 4. The Morgan fingerprint density at radius 2 is 1.73 bits per heavy atom. The molecule has 2 heterocycles. The summed E-state index contributed by atoms with van der Waals surface area (Å²) in [5, 5.41) is 9.52. The molecule has 1 aromatic carbocycles. The zero-order valence-corrected chi connectivity index (χ0v) is 20.0. The second kappa shape index (κ2) is 11.0. The highest BCUT2D eigenvalue weighted by Crippen LogP contribution is 2.29. The summed E-state index contributed by atoms with van der Waals surface area (Å²) in [5.74, 6) is 2.20. The SMILES string of the molecule is COc1ccc(Nc2nc(NCC3CCCCC3)nc(NCC3SC(=O)CC3=O)n2)cc1Cl. The van der Waals surface area contributed by atoms with Crippen LogP contribution < -0.4 is 20.7 Å². The highest BCUT2D eigenvalue weighted by molar-refractivity contribution is 8.15. The van der Waals surface area contributed by atoms with Crippen LogP contribution in [0.15, 0.2) is 18.2 Å². The molecule has 1 saturated heterocycles. The van der Waals surface area contributed by atoms with Crippen LogP contribution in [-0.4, -0.2) is 51.3 Å². The lowest BCUT2D eigenvalue weighted by Gasteiger charge is -2.22. The van der Waals surface area contributed by atoms with Gasteiger partial charge in [-0.25, -0.2) is 0 Å². The third kappa shape index (κ3) is 6.48. The molecule has 1 aliphatic heterocycles. The minimum absolute atomic E-state index is 0.0204. The Morgan fingerprint density at radius 3 is 2.36 bits per heavy atom. The van der Waals surface area contributed by atoms with Crippen LogP contribution in [0.25, 0.3) is 0 Å². The Kier molecular flexibility index (Phi) is 7.87. The molecule has 33 heavy (non-hydrogen) atoms. The Balaban J connectivity index is 1.49. The fourth-order valence-corrected chi connectivity index (χ4v) is 5.13. The van der Waals surface area contributed by atoms with Gasteiger partial charge in [0.05, 0.1) is 23.8 Å². The molecule has 2 fully saturated rings. The number of Topliss-reactive ketones (excluding diaryl/α,β-unsaturated/α-hetero) is 1. The minimum Gasteiger partial charge on any atom is -0.495 e. The van der Waals surface area contributed by atoms with Crippen LogP contribution in [0.3, 0.4) is 0 Å². The second-order valence-corrected chi connectivity index (χ2v) is 9.84. The van der Waals surface area contributed by atoms with Crippen molar-refractivity contribution >= 4 is 57.8 Å². The Labute approximate surface area is 201 Å². The number of thioether (sulfide) groups is 1. The lowest BCUT2D eigenvalue weighted by atomic mass is 9.89. The predicted molar refractivity (Wildman–Crippen MR) is 131 cm³/mol. The molecule has 1 atom stereocenters. The number of methoxy groups -OCH3 is 1. The molecular formula is C22H27ClN6O3S. The number of rotatable bonds is 9. The fraction of sp³-hybridized carbons (Fsp3) is 0.500. The maximum Gasteiger partial charge on any atom is 0.233 e. The number of ketones is 1. The van der Waals surface area contributed by atoms with Gasteiger partial charge in [0, 0.05) is 18.8 Å². The molecule has 0 bridgehead atoms. The molecule has 11 heteroatoms. The minimum atomic E-state index is -0.426. The quantitative estimate of drug-likeness (QED) is 0.439. The van der Waals surface area contributed by atoms with Crippen LogP contribution in [0.4, 0.5) is 23.5 Å². The number of hydrogen-bond donors (Lipinski definition) is 3. The first kappa shape index (κ1) is 23.6. The molecule has 9 nitrogen and oxygen atoms in total. The first-order valence-corrected chi connectivity index (χ1v) is 12.3. The van der Waals surface area contributed by atoms with E-state index in [0.29, 0.717) is 40.2 Å². The van der Waals surface area contributed by atoms with Gasteiger partial charge in [-0.05, 0) is 37.0 Å². The van der Waals surface area contributed by atoms with Crippen molar-refractivity contribution in [3.63, 3.8) is 0 Å². The van der Waals surface area contributed by atoms with E-state index >= 15 is 0 Å². The summed E-state index contributed by atoms with van der Waals surface area (Å²) in [4.78, 5) is 36.9. The topological polar surface area (TPSA) is 118 Å². The Hall–Kier alpha value is -2.59. The van der Waals surface area contributed by atoms with E-state index in [1.807, 2.05) is 6.07 Å². The van der Waals surface area contributed by atoms with Crippen LogP contribution in [0.5, 0.6) is 5.75 Å². The van der Waals surface area contributed by atoms with Gasteiger partial charge in [-0.2, -0.15) is 15.0 Å². The van der Waals surface area contributed by atoms with Gasteiger partial charge in [0.1, 0.15) is 5.75 Å². The third-order valence-electron chi connectivity index (χ3n) is 5.71. The van der Waals surface area contributed by atoms with E-state index in [-0.39, 0.29) is 23.9 Å². The highest BCUT2D eigenvalue weighted by atomic mass is 35.5. The van der Waals surface area contributed by atoms with Crippen molar-refractivity contribution < 1.29 is 14.3 Å². The van der Waals surface area contributed by atoms with Gasteiger partial charge < -0.3 is 20.7 Å². The van der Waals surface area contributed by atoms with E-state index in [2.05, 4.69) is 30.9 Å². The van der Waals surface area contributed by atoms with Crippen molar-refractivity contribution in [1.29, 1.82) is 0 Å². The number of halogens is 1. The molecular weight excluding hydrogens is 464 g/mol. The van der Waals surface area contributed by atoms with Gasteiger partial charge >= 0.3 is 0 Å². The first-order valence-electron chi connectivity index (χ1n) is 11.1. The molecule has 176 valence electrons. The standard InChI is InChI=1S/C22H27ClN6O3S/c1-32-17-8-7-14(9-15(17)23)26-22-28-20(24-11-13-5-3-2-4-6-13)27-21(29-22)25-12-18-16(30)10-19(31)33-18/h7-9,13,18H,2-6,10-12H2,1H3,(H3,24,25,26,27,28,29). The monoisotopic (exact) mass is 490 g/mol. The van der Waals surface area contributed by atoms with Crippen LogP contribution >= 0.6 is 23.4 Å². The molecule has 0 spiro atoms. The summed E-state index contributed by atoms with van der Waals surface area (Å²) in [5.41, 5.74) is 0.698. The Morgan fingerprint density at radius 1 is 1.03 bits per heavy atom. The van der Waals surface area contributed by atoms with Crippen molar-refractivity contribution in [2.45, 2.75) is 43.8 Å². The summed E-state index contributed by atoms with van der Waals surface area (Å²) < 4.78 is 5.20. The summed E-state index contributed by atoms with van der Waals surface area (Å²) in [6.07, 6.45) is 6.20. The van der Waals surface area contributed by atoms with Gasteiger partial charge in [-0.3, -0.25) is 9.59 Å². The zero-order chi connectivity index (χ0) is 23.2. The lowest BCUT2D eigenvalue weighted by molar-refractivity contribution is -0.121. The molecule has 1 saturated carbocycles. The summed E-state index contributed by atoms with van der Waals surface area (Å²) in [6.45, 7) is 1.07. The van der Waals surface area contributed by atoms with Crippen molar-refractivity contribution in [2.24, 2.45) is 5.92 Å². The molecule has 2 aliphatic rings. The number of aromatic nitrogens is 3. The lowest BCUT2D eigenvalue weighted by Crippen LogP contribution is -2.23. The van der Waals surface area contributed by atoms with Gasteiger partial charge in [0.15, 0.2) is 10.9 Å². The molecule has 1 aliphatic carbocycles. The van der Waals surface area contributed by atoms with E-state index in [9.17, 15) is 9.59 Å². The number of benzene rings is 1. The number of ether oxygens (including phenoxy) is 1. The van der Waals surface area contributed by atoms with E-state index in [1.54, 1.807) is 19.2 Å². The van der Waals surface area contributed by atoms with Gasteiger partial charge in [-0.1, -0.05) is 42.6 Å². The van der Waals surface area contributed by atoms with Crippen molar-refractivity contribution in [2.75, 3.05) is 36.1 Å². The number of carbonyl (C=O) groups excluding carboxylic acids is 2. The van der Waals surface area contributed by atoms with Crippen LogP contribution in [-0.2, 0) is 9.59 Å². The molecule has 2 aromatic rings. The first-order chi connectivity index (χ1) is 16.0. The largest absolute Gasteiger partial charge is 0.495 e. The van der Waals surface area contributed by atoms with Gasteiger partial charge in [0.25, 0.3) is 0 Å². The third-order valence-corrected chi connectivity index (χ3v) is 7.13. The van der Waals surface area contributed by atoms with Crippen molar-refractivity contribution in [3.05, 3.63) is 23.2 Å². The zero-order valence-electron chi connectivity index (χ0n) is 18.4. The van der Waals surface area contributed by atoms with Crippen LogP contribution in [0, 0.1) is 5.92 Å². The average molecular weight is 491 g/mol. The van der Waals surface area contributed by atoms with Gasteiger partial charge in [0.2, 0.25) is 17.8 Å². The Bertz CT molecular complexity index is 1020. The van der Waals surface area contributed by atoms with E-state index in [0.717, 1.165) is 18.3 Å². The molecule has 4 rings (SSSR count). The maximum absolute atomic E-state index is 12.0. The molecule has 1 unspecified atom stereocenters. The summed E-state index contributed by atoms with van der Waals surface area (Å²) >= 11 is 7.30. The van der Waals surface area contributed by atoms with Crippen molar-refractivity contribution in [3.8, 4) is 5.75 Å². The maximum atomic E-state index is 12.0. The molecule has 3 N–H and O–H groups in total. The average Bonchev–Trinajstić information content (AvgIpc) is 3.14. The van der Waals surface area contributed by atoms with Crippen molar-refractivity contribution in [1.82, 2.24) is 15.0 Å². The summed E-state index contributed by atoms with van der Waals surface area (Å²) in [6, 6.07) is 5.30. The van der Waals surface area contributed by atoms with Gasteiger partial charge in [-0.15, -0.1) is 0 Å². The summed E-state index contributed by atoms with van der Waals surface area (Å²) in [7, 11) is 1.56. The van der Waals surface area contributed by atoms with E-state index < -0.39 is 5.25 Å². The molecule has 1 aromatic heterocycles. The fourth-order valence-electron chi connectivity index (χ4n) is 3.95. The molecule has 0 radical (unpaired) electrons. The second-order valence-electron chi connectivity index (χ2n) is 8.17.